The fourth-order valence-corrected chi connectivity index (χ4v) is 2.39. The molecule has 1 saturated carbocycles. The second kappa shape index (κ2) is 4.65. The number of rotatable bonds is 2. The van der Waals surface area contributed by atoms with Gasteiger partial charge in [-0.15, -0.1) is 0 Å². The van der Waals surface area contributed by atoms with Gasteiger partial charge in [0.05, 0.1) is 10.0 Å². The average Bonchev–Trinajstić information content (AvgIpc) is 3.16. The van der Waals surface area contributed by atoms with Gasteiger partial charge in [-0.25, -0.2) is 4.98 Å². The molecule has 0 saturated heterocycles. The highest BCUT2D eigenvalue weighted by Crippen LogP contribution is 2.39. The third-order valence-corrected chi connectivity index (χ3v) is 3.92. The highest BCUT2D eigenvalue weighted by Gasteiger charge is 2.24. The fourth-order valence-electron chi connectivity index (χ4n) is 1.87. The van der Waals surface area contributed by atoms with Crippen LogP contribution in [0.4, 0.5) is 0 Å². The first-order valence-corrected chi connectivity index (χ1v) is 6.86. The molecule has 1 fully saturated rings. The Morgan fingerprint density at radius 3 is 2.61 bits per heavy atom. The molecule has 1 heterocycles. The minimum Gasteiger partial charge on any atom is -0.343 e. The predicted molar refractivity (Wildman–Crippen MR) is 76.9 cm³/mol. The van der Waals surface area contributed by atoms with Crippen LogP contribution >= 0.6 is 35.4 Å². The molecular formula is C13H10Cl2N2S. The maximum Gasteiger partial charge on any atom is 0.139 e. The molecule has 0 aliphatic heterocycles. The molecule has 2 nitrogen and oxygen atoms in total. The second-order valence-corrected chi connectivity index (χ2v) is 5.66. The molecule has 0 amide bonds. The average molecular weight is 297 g/mol. The van der Waals surface area contributed by atoms with E-state index in [9.17, 15) is 0 Å². The summed E-state index contributed by atoms with van der Waals surface area (Å²) in [5.74, 6) is 1.36. The first kappa shape index (κ1) is 12.2. The predicted octanol–water partition coefficient (Wildman–Crippen LogP) is 4.99. The van der Waals surface area contributed by atoms with Crippen LogP contribution in [0.2, 0.25) is 10.0 Å². The standard InChI is InChI=1S/C13H10Cl2N2S/c14-9-4-3-8(5-10(9)15)13-16-11(7-1-2-7)6-12(18)17-13/h3-7H,1-2H2,(H,16,17,18). The largest absolute Gasteiger partial charge is 0.343 e. The Labute approximate surface area is 120 Å². The molecule has 2 aromatic rings. The molecule has 1 N–H and O–H groups in total. The summed E-state index contributed by atoms with van der Waals surface area (Å²) in [4.78, 5) is 7.67. The molecule has 3 rings (SSSR count). The van der Waals surface area contributed by atoms with Gasteiger partial charge in [0, 0.05) is 11.3 Å². The minimum atomic E-state index is 0.520. The van der Waals surface area contributed by atoms with Crippen LogP contribution in [0, 0.1) is 4.64 Å². The zero-order valence-electron chi connectivity index (χ0n) is 9.41. The van der Waals surface area contributed by atoms with Crippen LogP contribution in [0.1, 0.15) is 24.5 Å². The molecule has 1 aromatic heterocycles. The molecule has 0 unspecified atom stereocenters. The van der Waals surface area contributed by atoms with E-state index < -0.39 is 0 Å². The van der Waals surface area contributed by atoms with E-state index in [1.807, 2.05) is 12.1 Å². The molecular weight excluding hydrogens is 287 g/mol. The zero-order valence-corrected chi connectivity index (χ0v) is 11.7. The number of H-pyrrole nitrogens is 1. The molecule has 1 aliphatic carbocycles. The van der Waals surface area contributed by atoms with Gasteiger partial charge in [-0.05, 0) is 43.0 Å². The van der Waals surface area contributed by atoms with Crippen LogP contribution in [0.15, 0.2) is 24.3 Å². The summed E-state index contributed by atoms with van der Waals surface area (Å²) in [6.45, 7) is 0. The van der Waals surface area contributed by atoms with Gasteiger partial charge in [-0.3, -0.25) is 0 Å². The maximum absolute atomic E-state index is 6.02. The SMILES string of the molecule is S=c1cc(C2CC2)[nH]c(-c2ccc(Cl)c(Cl)c2)n1. The molecule has 1 aliphatic rings. The zero-order chi connectivity index (χ0) is 12.7. The van der Waals surface area contributed by atoms with E-state index in [1.54, 1.807) is 12.1 Å². The first-order valence-electron chi connectivity index (χ1n) is 5.70. The van der Waals surface area contributed by atoms with Gasteiger partial charge >= 0.3 is 0 Å². The maximum atomic E-state index is 6.02. The van der Waals surface area contributed by atoms with E-state index in [-0.39, 0.29) is 0 Å². The van der Waals surface area contributed by atoms with Crippen LogP contribution < -0.4 is 0 Å². The van der Waals surface area contributed by atoms with E-state index in [4.69, 9.17) is 35.4 Å². The Balaban J connectivity index is 2.09. The van der Waals surface area contributed by atoms with Gasteiger partial charge in [0.1, 0.15) is 10.5 Å². The van der Waals surface area contributed by atoms with Crippen molar-refractivity contribution in [1.29, 1.82) is 0 Å². The van der Waals surface area contributed by atoms with Crippen LogP contribution in [0.5, 0.6) is 0 Å². The summed E-state index contributed by atoms with van der Waals surface area (Å²) < 4.78 is 0.608. The van der Waals surface area contributed by atoms with Crippen molar-refractivity contribution in [2.24, 2.45) is 0 Å². The lowest BCUT2D eigenvalue weighted by Crippen LogP contribution is -1.94. The van der Waals surface area contributed by atoms with Crippen LogP contribution in [0.25, 0.3) is 11.4 Å². The van der Waals surface area contributed by atoms with Crippen LogP contribution in [-0.4, -0.2) is 9.97 Å². The van der Waals surface area contributed by atoms with Gasteiger partial charge in [-0.2, -0.15) is 0 Å². The van der Waals surface area contributed by atoms with Crippen molar-refractivity contribution in [2.45, 2.75) is 18.8 Å². The summed E-state index contributed by atoms with van der Waals surface area (Å²) >= 11 is 17.1. The van der Waals surface area contributed by atoms with E-state index >= 15 is 0 Å². The van der Waals surface area contributed by atoms with Gasteiger partial charge in [0.2, 0.25) is 0 Å². The quantitative estimate of drug-likeness (QED) is 0.791. The van der Waals surface area contributed by atoms with E-state index in [1.165, 1.54) is 12.8 Å². The molecule has 0 atom stereocenters. The van der Waals surface area contributed by atoms with Gasteiger partial charge < -0.3 is 4.98 Å². The highest BCUT2D eigenvalue weighted by atomic mass is 35.5. The Bertz CT molecular complexity index is 662. The van der Waals surface area contributed by atoms with Crippen molar-refractivity contribution in [3.8, 4) is 11.4 Å². The lowest BCUT2D eigenvalue weighted by molar-refractivity contribution is 0.988. The Hall–Kier alpha value is -0.900. The molecule has 0 radical (unpaired) electrons. The van der Waals surface area contributed by atoms with E-state index in [2.05, 4.69) is 9.97 Å². The smallest absolute Gasteiger partial charge is 0.139 e. The number of nitrogens with one attached hydrogen (secondary N) is 1. The first-order chi connectivity index (χ1) is 8.63. The third kappa shape index (κ3) is 2.44. The number of benzene rings is 1. The number of aromatic amines is 1. The molecule has 0 bridgehead atoms. The summed E-state index contributed by atoms with van der Waals surface area (Å²) in [5, 5.41) is 1.06. The summed E-state index contributed by atoms with van der Waals surface area (Å²) in [6, 6.07) is 7.39. The number of nitrogens with zero attached hydrogens (tertiary/aromatic N) is 1. The van der Waals surface area contributed by atoms with Crippen molar-refractivity contribution in [3.05, 3.63) is 44.6 Å². The Morgan fingerprint density at radius 1 is 1.17 bits per heavy atom. The van der Waals surface area contributed by atoms with Crippen molar-refractivity contribution in [1.82, 2.24) is 9.97 Å². The summed E-state index contributed by atoms with van der Waals surface area (Å²) in [5.41, 5.74) is 2.06. The van der Waals surface area contributed by atoms with Crippen LogP contribution in [0.3, 0.4) is 0 Å². The highest BCUT2D eigenvalue weighted by molar-refractivity contribution is 7.71. The normalized spacial score (nSPS) is 14.8. The van der Waals surface area contributed by atoms with Gasteiger partial charge in [-0.1, -0.05) is 35.4 Å². The van der Waals surface area contributed by atoms with Crippen LogP contribution in [-0.2, 0) is 0 Å². The Kier molecular flexibility index (Phi) is 3.14. The number of aromatic nitrogens is 2. The topological polar surface area (TPSA) is 28.7 Å². The van der Waals surface area contributed by atoms with E-state index in [0.29, 0.717) is 20.6 Å². The molecule has 1 aromatic carbocycles. The summed E-state index contributed by atoms with van der Waals surface area (Å²) in [6.07, 6.45) is 2.44. The molecule has 0 spiro atoms. The van der Waals surface area contributed by atoms with Crippen molar-refractivity contribution in [3.63, 3.8) is 0 Å². The molecule has 92 valence electrons. The van der Waals surface area contributed by atoms with Crippen molar-refractivity contribution >= 4 is 35.4 Å². The number of hydrogen-bond acceptors (Lipinski definition) is 2. The lowest BCUT2D eigenvalue weighted by atomic mass is 10.2. The van der Waals surface area contributed by atoms with Gasteiger partial charge in [0.25, 0.3) is 0 Å². The molecule has 18 heavy (non-hydrogen) atoms. The van der Waals surface area contributed by atoms with Crippen molar-refractivity contribution in [2.75, 3.05) is 0 Å². The van der Waals surface area contributed by atoms with Crippen molar-refractivity contribution < 1.29 is 0 Å². The molecule has 5 heteroatoms. The number of halogens is 2. The third-order valence-electron chi connectivity index (χ3n) is 2.97. The number of hydrogen-bond donors (Lipinski definition) is 1. The minimum absolute atomic E-state index is 0.520. The fraction of sp³-hybridized carbons (Fsp3) is 0.231. The monoisotopic (exact) mass is 296 g/mol. The Morgan fingerprint density at radius 2 is 1.94 bits per heavy atom. The van der Waals surface area contributed by atoms with E-state index in [0.717, 1.165) is 17.1 Å². The second-order valence-electron chi connectivity index (χ2n) is 4.43. The summed E-state index contributed by atoms with van der Waals surface area (Å²) in [7, 11) is 0. The van der Waals surface area contributed by atoms with Gasteiger partial charge in [0.15, 0.2) is 0 Å². The lowest BCUT2D eigenvalue weighted by Gasteiger charge is -2.06.